The molecule has 1 amide bonds. The van der Waals surface area contributed by atoms with Crippen LogP contribution in [0.2, 0.25) is 0 Å². The molecule has 2 unspecified atom stereocenters. The van der Waals surface area contributed by atoms with Crippen molar-refractivity contribution in [1.82, 2.24) is 10.3 Å². The van der Waals surface area contributed by atoms with Gasteiger partial charge in [-0.1, -0.05) is 0 Å². The Balaban J connectivity index is 2.17. The third-order valence-corrected chi connectivity index (χ3v) is 4.62. The third kappa shape index (κ3) is 3.36. The number of hydrogen-bond acceptors (Lipinski definition) is 5. The lowest BCUT2D eigenvalue weighted by Gasteiger charge is -2.17. The summed E-state index contributed by atoms with van der Waals surface area (Å²) in [5, 5.41) is 12.3. The van der Waals surface area contributed by atoms with E-state index in [1.807, 2.05) is 19.1 Å². The van der Waals surface area contributed by atoms with Gasteiger partial charge in [-0.25, -0.2) is 4.98 Å². The van der Waals surface area contributed by atoms with E-state index in [-0.39, 0.29) is 5.91 Å². The maximum Gasteiger partial charge on any atom is 0.308 e. The van der Waals surface area contributed by atoms with Crippen LogP contribution in [0.1, 0.15) is 35.0 Å². The average Bonchev–Trinajstić information content (AvgIpc) is 3.03. The average molecular weight is 322 g/mol. The molecule has 2 N–H and O–H groups in total. The zero-order valence-electron chi connectivity index (χ0n) is 12.8. The van der Waals surface area contributed by atoms with Gasteiger partial charge >= 0.3 is 5.97 Å². The summed E-state index contributed by atoms with van der Waals surface area (Å²) in [5.74, 6) is -0.524. The highest BCUT2D eigenvalue weighted by Gasteiger charge is 2.24. The number of amides is 1. The van der Waals surface area contributed by atoms with Crippen LogP contribution in [0.5, 0.6) is 0 Å². The maximum absolute atomic E-state index is 12.3. The van der Waals surface area contributed by atoms with Crippen molar-refractivity contribution in [3.8, 4) is 10.8 Å². The number of carbonyl (C=O) groups is 2. The summed E-state index contributed by atoms with van der Waals surface area (Å²) >= 11 is 1.23. The molecule has 0 aliphatic heterocycles. The maximum atomic E-state index is 12.3. The summed E-state index contributed by atoms with van der Waals surface area (Å²) in [5.41, 5.74) is 0.599. The van der Waals surface area contributed by atoms with Gasteiger partial charge in [0.2, 0.25) is 0 Å². The summed E-state index contributed by atoms with van der Waals surface area (Å²) < 4.78 is 5.51. The first-order chi connectivity index (χ1) is 10.3. The van der Waals surface area contributed by atoms with Crippen molar-refractivity contribution in [3.05, 3.63) is 28.5 Å². The van der Waals surface area contributed by atoms with Gasteiger partial charge in [0.05, 0.1) is 11.6 Å². The van der Waals surface area contributed by atoms with E-state index in [2.05, 4.69) is 10.3 Å². The van der Waals surface area contributed by atoms with E-state index in [1.165, 1.54) is 11.3 Å². The van der Waals surface area contributed by atoms with Crippen molar-refractivity contribution in [2.24, 2.45) is 5.92 Å². The molecule has 0 bridgehead atoms. The van der Waals surface area contributed by atoms with Crippen LogP contribution < -0.4 is 5.32 Å². The van der Waals surface area contributed by atoms with Gasteiger partial charge < -0.3 is 14.8 Å². The largest absolute Gasteiger partial charge is 0.481 e. The number of hydrogen-bond donors (Lipinski definition) is 2. The quantitative estimate of drug-likeness (QED) is 0.883. The lowest BCUT2D eigenvalue weighted by molar-refractivity contribution is -0.141. The fraction of sp³-hybridized carbons (Fsp3) is 0.400. The van der Waals surface area contributed by atoms with Gasteiger partial charge in [0.15, 0.2) is 10.8 Å². The van der Waals surface area contributed by atoms with Crippen LogP contribution >= 0.6 is 11.3 Å². The number of carbonyl (C=O) groups excluding carboxylic acids is 1. The molecular formula is C15H18N2O4S. The number of carboxylic acids is 1. The van der Waals surface area contributed by atoms with Gasteiger partial charge in [-0.15, -0.1) is 11.3 Å². The Hall–Kier alpha value is -2.15. The highest BCUT2D eigenvalue weighted by molar-refractivity contribution is 7.17. The zero-order valence-corrected chi connectivity index (χ0v) is 13.7. The molecule has 0 aliphatic carbocycles. The van der Waals surface area contributed by atoms with Crippen molar-refractivity contribution in [2.45, 2.75) is 33.7 Å². The van der Waals surface area contributed by atoms with Gasteiger partial charge in [0.25, 0.3) is 5.91 Å². The van der Waals surface area contributed by atoms with Crippen molar-refractivity contribution in [1.29, 1.82) is 0 Å². The summed E-state index contributed by atoms with van der Waals surface area (Å²) in [6, 6.07) is 3.17. The number of rotatable bonds is 5. The van der Waals surface area contributed by atoms with Gasteiger partial charge in [0.1, 0.15) is 10.6 Å². The number of aliphatic carboxylic acids is 1. The molecule has 2 rings (SSSR count). The summed E-state index contributed by atoms with van der Waals surface area (Å²) in [7, 11) is 0. The molecule has 0 aliphatic rings. The van der Waals surface area contributed by atoms with Crippen LogP contribution in [0, 0.1) is 19.8 Å². The van der Waals surface area contributed by atoms with Crippen molar-refractivity contribution in [3.63, 3.8) is 0 Å². The van der Waals surface area contributed by atoms with E-state index in [1.54, 1.807) is 20.8 Å². The van der Waals surface area contributed by atoms with Gasteiger partial charge in [-0.2, -0.15) is 0 Å². The SMILES string of the molecule is Cc1ccc(-c2nc(C)c(C(=O)NC(C)C(C)C(=O)O)s2)o1. The molecule has 0 aromatic carbocycles. The van der Waals surface area contributed by atoms with Crippen LogP contribution in [0.4, 0.5) is 0 Å². The molecule has 22 heavy (non-hydrogen) atoms. The number of nitrogens with one attached hydrogen (secondary N) is 1. The van der Waals surface area contributed by atoms with E-state index >= 15 is 0 Å². The fourth-order valence-corrected chi connectivity index (χ4v) is 2.80. The molecular weight excluding hydrogens is 304 g/mol. The van der Waals surface area contributed by atoms with Crippen LogP contribution in [0.25, 0.3) is 10.8 Å². The third-order valence-electron chi connectivity index (χ3n) is 3.45. The minimum Gasteiger partial charge on any atom is -0.481 e. The molecule has 0 radical (unpaired) electrons. The normalized spacial score (nSPS) is 13.6. The number of aryl methyl sites for hydroxylation is 2. The van der Waals surface area contributed by atoms with E-state index in [4.69, 9.17) is 9.52 Å². The minimum absolute atomic E-state index is 0.315. The lowest BCUT2D eigenvalue weighted by atomic mass is 10.0. The predicted octanol–water partition coefficient (Wildman–Crippen LogP) is 2.86. The number of aromatic nitrogens is 1. The Bertz CT molecular complexity index is 704. The highest BCUT2D eigenvalue weighted by Crippen LogP contribution is 2.29. The first-order valence-electron chi connectivity index (χ1n) is 6.87. The molecule has 0 fully saturated rings. The van der Waals surface area contributed by atoms with Crippen LogP contribution in [-0.4, -0.2) is 28.0 Å². The van der Waals surface area contributed by atoms with E-state index in [0.717, 1.165) is 5.76 Å². The van der Waals surface area contributed by atoms with Crippen LogP contribution in [0.3, 0.4) is 0 Å². The summed E-state index contributed by atoms with van der Waals surface area (Å²) in [4.78, 5) is 28.0. The molecule has 118 valence electrons. The van der Waals surface area contributed by atoms with Crippen LogP contribution in [-0.2, 0) is 4.79 Å². The molecule has 0 saturated carbocycles. The second-order valence-corrected chi connectivity index (χ2v) is 6.23. The lowest BCUT2D eigenvalue weighted by Crippen LogP contribution is -2.39. The molecule has 0 spiro atoms. The Morgan fingerprint density at radius 1 is 1.32 bits per heavy atom. The number of nitrogens with zero attached hydrogens (tertiary/aromatic N) is 1. The predicted molar refractivity (Wildman–Crippen MR) is 83.0 cm³/mol. The number of thiazole rings is 1. The monoisotopic (exact) mass is 322 g/mol. The molecule has 2 heterocycles. The van der Waals surface area contributed by atoms with Gasteiger partial charge in [0, 0.05) is 6.04 Å². The van der Waals surface area contributed by atoms with Crippen LogP contribution in [0.15, 0.2) is 16.5 Å². The summed E-state index contributed by atoms with van der Waals surface area (Å²) in [6.45, 7) is 6.82. The Morgan fingerprint density at radius 3 is 2.55 bits per heavy atom. The molecule has 7 heteroatoms. The van der Waals surface area contributed by atoms with E-state index in [0.29, 0.717) is 21.3 Å². The smallest absolute Gasteiger partial charge is 0.308 e. The zero-order chi connectivity index (χ0) is 16.4. The fourth-order valence-electron chi connectivity index (χ4n) is 1.87. The Morgan fingerprint density at radius 2 is 2.00 bits per heavy atom. The van der Waals surface area contributed by atoms with Gasteiger partial charge in [-0.3, -0.25) is 9.59 Å². The molecule has 0 saturated heterocycles. The standard InChI is InChI=1S/C15H18N2O4S/c1-7-5-6-11(21-7)14-17-10(4)12(22-14)13(18)16-9(3)8(2)15(19)20/h5-6,8-9H,1-4H3,(H,16,18)(H,19,20). The van der Waals surface area contributed by atoms with Crippen molar-refractivity contribution in [2.75, 3.05) is 0 Å². The highest BCUT2D eigenvalue weighted by atomic mass is 32.1. The Kier molecular flexibility index (Phi) is 4.65. The second-order valence-electron chi connectivity index (χ2n) is 5.23. The Labute approximate surface area is 132 Å². The first-order valence-corrected chi connectivity index (χ1v) is 7.69. The van der Waals surface area contributed by atoms with Crippen molar-refractivity contribution >= 4 is 23.2 Å². The van der Waals surface area contributed by atoms with Crippen molar-refractivity contribution < 1.29 is 19.1 Å². The second kappa shape index (κ2) is 6.31. The van der Waals surface area contributed by atoms with E-state index < -0.39 is 17.9 Å². The summed E-state index contributed by atoms with van der Waals surface area (Å²) in [6.07, 6.45) is 0. The molecule has 2 aromatic rings. The topological polar surface area (TPSA) is 92.4 Å². The van der Waals surface area contributed by atoms with Gasteiger partial charge in [-0.05, 0) is 39.8 Å². The molecule has 6 nitrogen and oxygen atoms in total. The molecule has 2 atom stereocenters. The number of carboxylic acid groups (broad SMARTS) is 1. The minimum atomic E-state index is -0.944. The molecule has 2 aromatic heterocycles. The first kappa shape index (κ1) is 16.2. The number of furan rings is 1. The van der Waals surface area contributed by atoms with E-state index in [9.17, 15) is 9.59 Å².